The molecule has 7 nitrogen and oxygen atoms in total. The Morgan fingerprint density at radius 3 is 2.72 bits per heavy atom. The number of alkyl halides is 3. The lowest BCUT2D eigenvalue weighted by molar-refractivity contribution is -0.137. The number of ether oxygens (including phenoxy) is 1. The van der Waals surface area contributed by atoms with Gasteiger partial charge in [-0.1, -0.05) is 17.3 Å². The van der Waals surface area contributed by atoms with Gasteiger partial charge in [-0.2, -0.15) is 18.2 Å². The second-order valence-corrected chi connectivity index (χ2v) is 7.48. The van der Waals surface area contributed by atoms with E-state index in [-0.39, 0.29) is 11.9 Å². The summed E-state index contributed by atoms with van der Waals surface area (Å²) in [5, 5.41) is 6.70. The topological polar surface area (TPSA) is 80.5 Å². The normalized spacial score (nSPS) is 16.6. The number of aromatic nitrogens is 2. The number of anilines is 1. The number of hydrogen-bond donors (Lipinski definition) is 1. The average Bonchev–Trinajstić information content (AvgIpc) is 3.29. The number of amides is 2. The number of hydrogen-bond acceptors (Lipinski definition) is 5. The molecule has 32 heavy (non-hydrogen) atoms. The summed E-state index contributed by atoms with van der Waals surface area (Å²) < 4.78 is 48.8. The summed E-state index contributed by atoms with van der Waals surface area (Å²) in [6, 6.07) is 11.3. The van der Waals surface area contributed by atoms with Gasteiger partial charge in [-0.3, -0.25) is 0 Å². The van der Waals surface area contributed by atoms with Crippen LogP contribution in [0.2, 0.25) is 0 Å². The number of carbonyl (C=O) groups is 1. The molecule has 2 amide bonds. The molecule has 0 unspecified atom stereocenters. The predicted octanol–water partition coefficient (Wildman–Crippen LogP) is 5.18. The van der Waals surface area contributed by atoms with Crippen molar-refractivity contribution in [2.45, 2.75) is 24.9 Å². The van der Waals surface area contributed by atoms with E-state index in [0.717, 1.165) is 30.5 Å². The van der Waals surface area contributed by atoms with Crippen LogP contribution in [0.1, 0.15) is 30.2 Å². The maximum atomic E-state index is 12.7. The Bertz CT molecular complexity index is 1080. The van der Waals surface area contributed by atoms with Gasteiger partial charge in [0.25, 0.3) is 0 Å². The van der Waals surface area contributed by atoms with Crippen molar-refractivity contribution in [3.8, 4) is 17.1 Å². The molecule has 10 heteroatoms. The smallest absolute Gasteiger partial charge is 0.416 e. The lowest BCUT2D eigenvalue weighted by atomic mass is 9.98. The SMILES string of the molecule is COc1cccc(-c2noc([C@@H]3CCCN(C(=O)Nc4ccc(C(F)(F)F)cc4)C3)n2)c1. The molecular weight excluding hydrogens is 425 g/mol. The van der Waals surface area contributed by atoms with Crippen LogP contribution in [0.3, 0.4) is 0 Å². The zero-order valence-electron chi connectivity index (χ0n) is 17.2. The van der Waals surface area contributed by atoms with Gasteiger partial charge in [0.2, 0.25) is 11.7 Å². The fraction of sp³-hybridized carbons (Fsp3) is 0.318. The number of nitrogens with one attached hydrogen (secondary N) is 1. The third kappa shape index (κ3) is 4.84. The van der Waals surface area contributed by atoms with Crippen molar-refractivity contribution in [1.29, 1.82) is 0 Å². The van der Waals surface area contributed by atoms with Gasteiger partial charge in [-0.25, -0.2) is 4.79 Å². The van der Waals surface area contributed by atoms with E-state index < -0.39 is 11.7 Å². The molecule has 0 saturated carbocycles. The van der Waals surface area contributed by atoms with Crippen LogP contribution in [0.25, 0.3) is 11.4 Å². The molecule has 3 aromatic rings. The molecule has 0 bridgehead atoms. The highest BCUT2D eigenvalue weighted by molar-refractivity contribution is 5.89. The summed E-state index contributed by atoms with van der Waals surface area (Å²) in [4.78, 5) is 18.7. The first-order valence-corrected chi connectivity index (χ1v) is 10.0. The van der Waals surface area contributed by atoms with E-state index in [0.29, 0.717) is 36.2 Å². The highest BCUT2D eigenvalue weighted by Gasteiger charge is 2.31. The third-order valence-electron chi connectivity index (χ3n) is 5.29. The quantitative estimate of drug-likeness (QED) is 0.598. The van der Waals surface area contributed by atoms with Crippen LogP contribution >= 0.6 is 0 Å². The van der Waals surface area contributed by atoms with E-state index >= 15 is 0 Å². The second kappa shape index (κ2) is 8.89. The molecule has 0 radical (unpaired) electrons. The van der Waals surface area contributed by atoms with Gasteiger partial charge in [-0.05, 0) is 49.2 Å². The Hall–Kier alpha value is -3.56. The third-order valence-corrected chi connectivity index (χ3v) is 5.29. The van der Waals surface area contributed by atoms with Crippen molar-refractivity contribution < 1.29 is 27.2 Å². The van der Waals surface area contributed by atoms with Crippen molar-refractivity contribution in [2.75, 3.05) is 25.5 Å². The Balaban J connectivity index is 1.41. The number of likely N-dealkylation sites (tertiary alicyclic amines) is 1. The maximum Gasteiger partial charge on any atom is 0.416 e. The lowest BCUT2D eigenvalue weighted by Crippen LogP contribution is -2.41. The molecule has 0 spiro atoms. The first kappa shape index (κ1) is 21.7. The second-order valence-electron chi connectivity index (χ2n) is 7.48. The monoisotopic (exact) mass is 446 g/mol. The highest BCUT2D eigenvalue weighted by atomic mass is 19.4. The minimum atomic E-state index is -4.42. The zero-order valence-corrected chi connectivity index (χ0v) is 17.2. The molecule has 1 atom stereocenters. The summed E-state index contributed by atoms with van der Waals surface area (Å²) >= 11 is 0. The first-order valence-electron chi connectivity index (χ1n) is 10.0. The van der Waals surface area contributed by atoms with E-state index in [1.165, 1.54) is 12.1 Å². The van der Waals surface area contributed by atoms with E-state index in [2.05, 4.69) is 15.5 Å². The van der Waals surface area contributed by atoms with Crippen LogP contribution in [0.4, 0.5) is 23.7 Å². The fourth-order valence-electron chi connectivity index (χ4n) is 3.59. The fourth-order valence-corrected chi connectivity index (χ4v) is 3.59. The molecule has 1 N–H and O–H groups in total. The predicted molar refractivity (Wildman–Crippen MR) is 110 cm³/mol. The Kier molecular flexibility index (Phi) is 6.02. The van der Waals surface area contributed by atoms with Crippen molar-refractivity contribution in [2.24, 2.45) is 0 Å². The van der Waals surface area contributed by atoms with Gasteiger partial charge in [-0.15, -0.1) is 0 Å². The van der Waals surface area contributed by atoms with Gasteiger partial charge in [0.05, 0.1) is 18.6 Å². The van der Waals surface area contributed by atoms with Crippen molar-refractivity contribution >= 4 is 11.7 Å². The summed E-state index contributed by atoms with van der Waals surface area (Å²) in [5.74, 6) is 1.42. The molecule has 168 valence electrons. The van der Waals surface area contributed by atoms with Gasteiger partial charge < -0.3 is 19.5 Å². The number of methoxy groups -OCH3 is 1. The Morgan fingerprint density at radius 1 is 1.22 bits per heavy atom. The average molecular weight is 446 g/mol. The van der Waals surface area contributed by atoms with Crippen molar-refractivity contribution in [1.82, 2.24) is 15.0 Å². The largest absolute Gasteiger partial charge is 0.497 e. The number of piperidine rings is 1. The van der Waals surface area contributed by atoms with E-state index in [1.807, 2.05) is 18.2 Å². The Labute approximate surface area is 182 Å². The van der Waals surface area contributed by atoms with Crippen LogP contribution in [0.5, 0.6) is 5.75 Å². The summed E-state index contributed by atoms with van der Waals surface area (Å²) in [7, 11) is 1.58. The Morgan fingerprint density at radius 2 is 2.00 bits per heavy atom. The number of rotatable bonds is 4. The molecular formula is C22H21F3N4O3. The lowest BCUT2D eigenvalue weighted by Gasteiger charge is -2.31. The van der Waals surface area contributed by atoms with Gasteiger partial charge in [0.15, 0.2) is 0 Å². The molecule has 2 aromatic carbocycles. The summed E-state index contributed by atoms with van der Waals surface area (Å²) in [6.07, 6.45) is -2.90. The molecule has 1 aromatic heterocycles. The highest BCUT2D eigenvalue weighted by Crippen LogP contribution is 2.31. The zero-order chi connectivity index (χ0) is 22.7. The van der Waals surface area contributed by atoms with Crippen molar-refractivity contribution in [3.63, 3.8) is 0 Å². The molecule has 1 fully saturated rings. The van der Waals surface area contributed by atoms with Crippen LogP contribution in [-0.2, 0) is 6.18 Å². The number of nitrogens with zero attached hydrogens (tertiary/aromatic N) is 3. The maximum absolute atomic E-state index is 12.7. The minimum Gasteiger partial charge on any atom is -0.497 e. The number of benzene rings is 2. The van der Waals surface area contributed by atoms with E-state index in [9.17, 15) is 18.0 Å². The molecule has 2 heterocycles. The van der Waals surface area contributed by atoms with Crippen LogP contribution < -0.4 is 10.1 Å². The van der Waals surface area contributed by atoms with Crippen LogP contribution in [0, 0.1) is 0 Å². The van der Waals surface area contributed by atoms with Gasteiger partial charge in [0, 0.05) is 24.3 Å². The number of carbonyl (C=O) groups excluding carboxylic acids is 1. The van der Waals surface area contributed by atoms with Crippen molar-refractivity contribution in [3.05, 3.63) is 60.0 Å². The molecule has 0 aliphatic carbocycles. The standard InChI is InChI=1S/C22H21F3N4O3/c1-31-18-6-2-4-14(12-18)19-27-20(32-28-19)15-5-3-11-29(13-15)21(30)26-17-9-7-16(8-10-17)22(23,24)25/h2,4,6-10,12,15H,3,5,11,13H2,1H3,(H,26,30)/t15-/m1/s1. The molecule has 1 aliphatic rings. The minimum absolute atomic E-state index is 0.131. The summed E-state index contributed by atoms with van der Waals surface area (Å²) in [6.45, 7) is 0.895. The number of urea groups is 1. The van der Waals surface area contributed by atoms with Crippen LogP contribution in [-0.4, -0.2) is 41.3 Å². The first-order chi connectivity index (χ1) is 15.3. The van der Waals surface area contributed by atoms with Gasteiger partial charge in [0.1, 0.15) is 5.75 Å². The number of halogens is 3. The molecule has 1 saturated heterocycles. The van der Waals surface area contributed by atoms with Gasteiger partial charge >= 0.3 is 12.2 Å². The molecule has 1 aliphatic heterocycles. The van der Waals surface area contributed by atoms with E-state index in [1.54, 1.807) is 18.1 Å². The summed E-state index contributed by atoms with van der Waals surface area (Å²) in [5.41, 5.74) is 0.284. The molecule has 4 rings (SSSR count). The van der Waals surface area contributed by atoms with Crippen LogP contribution in [0.15, 0.2) is 53.1 Å². The van der Waals surface area contributed by atoms with E-state index in [4.69, 9.17) is 9.26 Å².